The van der Waals surface area contributed by atoms with Gasteiger partial charge in [-0.15, -0.1) is 0 Å². The molecule has 2 aromatic heterocycles. The Kier molecular flexibility index (Phi) is 25.3. The van der Waals surface area contributed by atoms with Gasteiger partial charge in [0.2, 0.25) is 11.8 Å². The van der Waals surface area contributed by atoms with Gasteiger partial charge in [-0.2, -0.15) is 0 Å². The maximum Gasteiger partial charge on any atom is 0.247 e. The SMILES string of the molecule is Cc1cc(-c2cn(C(=O)C(C)N)c3ccc(Cl)cc23)ccc1Cl.Cc1cc(-c2cn(C(=O)CN)c3ccc(Cl)cc23)ccc1Cl.Cc1cc(/C=C/C2=CCc3ccc(Br)cc32)ccc1Cl.Cc1cc(/C=C/C2=CCc3ccc(Cl)cc32)ccc1Cl.Cc1cc(C2=CCc3ccc(Cl)cc32)ccc1Cl. The van der Waals surface area contributed by atoms with E-state index in [-0.39, 0.29) is 18.4 Å². The molecule has 0 bridgehead atoms. The van der Waals surface area contributed by atoms with E-state index in [1.807, 2.05) is 156 Å². The zero-order valence-electron chi connectivity index (χ0n) is 57.1. The largest absolute Gasteiger partial charge is 0.322 e. The van der Waals surface area contributed by atoms with Crippen LogP contribution < -0.4 is 11.5 Å². The summed E-state index contributed by atoms with van der Waals surface area (Å²) in [6.07, 6.45) is 21.9. The van der Waals surface area contributed by atoms with Gasteiger partial charge in [-0.05, 0) is 288 Å². The summed E-state index contributed by atoms with van der Waals surface area (Å²) in [4.78, 5) is 24.5. The lowest BCUT2D eigenvalue weighted by molar-refractivity contribution is 0.0890. The Morgan fingerprint density at radius 3 is 1.26 bits per heavy atom. The van der Waals surface area contributed by atoms with Gasteiger partial charge in [0.1, 0.15) is 0 Å². The van der Waals surface area contributed by atoms with Crippen LogP contribution >= 0.6 is 120 Å². The van der Waals surface area contributed by atoms with E-state index in [2.05, 4.69) is 113 Å². The van der Waals surface area contributed by atoms with Crippen LogP contribution in [0.15, 0.2) is 229 Å². The molecule has 0 aliphatic heterocycles. The number of benzene rings is 10. The summed E-state index contributed by atoms with van der Waals surface area (Å²) in [5.41, 5.74) is 37.1. The number of halogens is 10. The average molecular weight is 1600 g/mol. The van der Waals surface area contributed by atoms with Crippen LogP contribution in [-0.4, -0.2) is 33.5 Å². The van der Waals surface area contributed by atoms with Gasteiger partial charge in [-0.25, -0.2) is 0 Å². The van der Waals surface area contributed by atoms with Crippen molar-refractivity contribution in [1.29, 1.82) is 0 Å². The molecule has 4 N–H and O–H groups in total. The molecule has 103 heavy (non-hydrogen) atoms. The number of allylic oxidation sites excluding steroid dienone is 7. The quantitative estimate of drug-likeness (QED) is 0.150. The van der Waals surface area contributed by atoms with Gasteiger partial charge in [0.25, 0.3) is 0 Å². The first-order valence-electron chi connectivity index (χ1n) is 33.1. The second kappa shape index (κ2) is 34.1. The smallest absolute Gasteiger partial charge is 0.247 e. The lowest BCUT2D eigenvalue weighted by Crippen LogP contribution is -2.31. The fourth-order valence-corrected chi connectivity index (χ4v) is 14.1. The van der Waals surface area contributed by atoms with E-state index in [1.54, 1.807) is 34.4 Å². The van der Waals surface area contributed by atoms with E-state index in [0.29, 0.717) is 20.1 Å². The maximum absolute atomic E-state index is 12.4. The summed E-state index contributed by atoms with van der Waals surface area (Å²) in [5, 5.41) is 8.49. The standard InChI is InChI=1S/C18H14BrCl.C18H16Cl2N2O.C18H14Cl2.C17H14Cl2N2O.C16H12Cl2/c1-12-10-13(3-9-18(12)20)2-4-14-5-6-15-7-8-16(19)11-17(14)15;1-10-7-12(3-5-16(10)20)15-9-22(18(23)11(2)21)17-6-4-13(19)8-14(15)17;1-12-10-13(3-9-18(12)20)2-4-14-5-6-15-7-8-16(19)11-17(14)15;1-10-6-11(2-4-15(10)19)14-9-21(17(22)8-20)16-5-3-12(18)7-13(14)16;1-10-8-12(4-7-16(10)18)14-6-3-11-2-5-13(17)9-15(11)14/h2-5,7-11H,6H2,1H3;3-9,11H,21H2,1-2H3;2-5,7-11H,6H2,1H3;2-7,9H,8,20H2,1H3;2,4-9H,3H2,1H3/b4-2+;;4-2+;;. The molecule has 3 aliphatic rings. The molecule has 10 aromatic carbocycles. The van der Waals surface area contributed by atoms with Crippen molar-refractivity contribution in [2.24, 2.45) is 11.5 Å². The molecule has 3 aliphatic carbocycles. The molecular weight excluding hydrogens is 1530 g/mol. The van der Waals surface area contributed by atoms with Crippen LogP contribution in [0.5, 0.6) is 0 Å². The monoisotopic (exact) mass is 1600 g/mol. The van der Waals surface area contributed by atoms with E-state index in [9.17, 15) is 9.59 Å². The van der Waals surface area contributed by atoms with Crippen molar-refractivity contribution in [3.8, 4) is 22.3 Å². The third-order valence-corrected chi connectivity index (χ3v) is 21.6. The molecule has 0 saturated carbocycles. The second-order valence-electron chi connectivity index (χ2n) is 25.4. The van der Waals surface area contributed by atoms with Gasteiger partial charge in [-0.1, -0.05) is 224 Å². The van der Waals surface area contributed by atoms with Gasteiger partial charge in [-0.3, -0.25) is 18.7 Å². The fraction of sp³-hybridized carbons (Fsp3) is 0.126. The van der Waals surface area contributed by atoms with Gasteiger partial charge >= 0.3 is 0 Å². The van der Waals surface area contributed by atoms with E-state index in [1.165, 1.54) is 61.2 Å². The number of hydrogen-bond acceptors (Lipinski definition) is 4. The van der Waals surface area contributed by atoms with E-state index in [0.717, 1.165) is 126 Å². The second-order valence-corrected chi connectivity index (χ2v) is 30.1. The zero-order valence-corrected chi connectivity index (χ0v) is 65.5. The lowest BCUT2D eigenvalue weighted by atomic mass is 9.98. The van der Waals surface area contributed by atoms with Crippen LogP contribution in [-0.2, 0) is 19.3 Å². The number of fused-ring (bicyclic) bond motifs is 5. The first kappa shape index (κ1) is 76.5. The first-order valence-corrected chi connectivity index (χ1v) is 37.3. The Labute approximate surface area is 655 Å². The van der Waals surface area contributed by atoms with Gasteiger partial charge in [0, 0.05) is 84.0 Å². The third-order valence-electron chi connectivity index (χ3n) is 18.0. The molecular formula is C87H70BrCl9N4O2. The van der Waals surface area contributed by atoms with Crippen LogP contribution in [0, 0.1) is 34.6 Å². The third kappa shape index (κ3) is 18.4. The molecule has 0 amide bonds. The summed E-state index contributed by atoms with van der Waals surface area (Å²) in [6, 6.07) is 58.9. The first-order chi connectivity index (χ1) is 49.3. The van der Waals surface area contributed by atoms with Crippen molar-refractivity contribution < 1.29 is 9.59 Å². The van der Waals surface area contributed by atoms with Crippen LogP contribution in [0.4, 0.5) is 0 Å². The molecule has 0 radical (unpaired) electrons. The number of carbonyl (C=O) groups excluding carboxylic acids is 2. The average Bonchev–Trinajstić information content (AvgIpc) is 1.64. The van der Waals surface area contributed by atoms with Crippen molar-refractivity contribution >= 4 is 183 Å². The lowest BCUT2D eigenvalue weighted by Gasteiger charge is -2.08. The van der Waals surface area contributed by atoms with E-state index < -0.39 is 6.04 Å². The van der Waals surface area contributed by atoms with Crippen LogP contribution in [0.3, 0.4) is 0 Å². The molecule has 15 rings (SSSR count). The molecule has 1 unspecified atom stereocenters. The summed E-state index contributed by atoms with van der Waals surface area (Å²) in [6.45, 7) is 11.6. The Hall–Kier alpha value is -7.67. The summed E-state index contributed by atoms with van der Waals surface area (Å²) in [7, 11) is 0. The molecule has 2 heterocycles. The van der Waals surface area contributed by atoms with Crippen LogP contribution in [0.25, 0.3) is 72.9 Å². The highest BCUT2D eigenvalue weighted by Crippen LogP contribution is 2.40. The van der Waals surface area contributed by atoms with Gasteiger partial charge < -0.3 is 11.5 Å². The number of hydrogen-bond donors (Lipinski definition) is 2. The number of nitrogens with two attached hydrogens (primary N) is 2. The maximum atomic E-state index is 12.4. The Morgan fingerprint density at radius 2 is 0.796 bits per heavy atom. The highest BCUT2D eigenvalue weighted by atomic mass is 79.9. The number of carbonyl (C=O) groups is 2. The Morgan fingerprint density at radius 1 is 0.417 bits per heavy atom. The highest BCUT2D eigenvalue weighted by molar-refractivity contribution is 9.10. The molecule has 1 atom stereocenters. The molecule has 12 aromatic rings. The highest BCUT2D eigenvalue weighted by Gasteiger charge is 2.21. The summed E-state index contributed by atoms with van der Waals surface area (Å²) < 4.78 is 4.29. The minimum Gasteiger partial charge on any atom is -0.322 e. The van der Waals surface area contributed by atoms with E-state index >= 15 is 0 Å². The van der Waals surface area contributed by atoms with Crippen molar-refractivity contribution in [2.75, 3.05) is 6.54 Å². The number of aryl methyl sites for hydroxylation is 5. The summed E-state index contributed by atoms with van der Waals surface area (Å²) in [5.74, 6) is -0.321. The predicted octanol–water partition coefficient (Wildman–Crippen LogP) is 26.7. The number of aromatic nitrogens is 2. The predicted molar refractivity (Wildman–Crippen MR) is 446 cm³/mol. The number of rotatable bonds is 9. The minimum absolute atomic E-state index is 0.0501. The van der Waals surface area contributed by atoms with Crippen molar-refractivity contribution in [3.05, 3.63) is 352 Å². The van der Waals surface area contributed by atoms with Gasteiger partial charge in [0.15, 0.2) is 0 Å². The summed E-state index contributed by atoms with van der Waals surface area (Å²) >= 11 is 58.3. The Balaban J connectivity index is 0.000000129. The van der Waals surface area contributed by atoms with Crippen LogP contribution in [0.2, 0.25) is 45.2 Å². The van der Waals surface area contributed by atoms with E-state index in [4.69, 9.17) is 116 Å². The topological polar surface area (TPSA) is 96.0 Å². The molecule has 520 valence electrons. The molecule has 16 heteroatoms. The molecule has 0 spiro atoms. The normalized spacial score (nSPS) is 12.8. The Bertz CT molecular complexity index is 5340. The zero-order chi connectivity index (χ0) is 73.5. The molecule has 0 fully saturated rings. The fourth-order valence-electron chi connectivity index (χ4n) is 12.5. The van der Waals surface area contributed by atoms with Crippen LogP contribution in [0.1, 0.15) is 94.4 Å². The van der Waals surface area contributed by atoms with Crippen molar-refractivity contribution in [2.45, 2.75) is 66.8 Å². The molecule has 6 nitrogen and oxygen atoms in total. The van der Waals surface area contributed by atoms with Crippen molar-refractivity contribution in [1.82, 2.24) is 9.13 Å². The number of nitrogens with zero attached hydrogens (tertiary/aromatic N) is 2. The van der Waals surface area contributed by atoms with Crippen molar-refractivity contribution in [3.63, 3.8) is 0 Å². The minimum atomic E-state index is -0.582. The molecule has 0 saturated heterocycles. The van der Waals surface area contributed by atoms with Gasteiger partial charge in [0.05, 0.1) is 23.6 Å².